The number of fused-ring (bicyclic) bond motifs is 1. The van der Waals surface area contributed by atoms with Crippen LogP contribution in [0.1, 0.15) is 35.3 Å². The second kappa shape index (κ2) is 13.8. The third kappa shape index (κ3) is 6.44. The van der Waals surface area contributed by atoms with Gasteiger partial charge in [-0.15, -0.1) is 11.3 Å². The summed E-state index contributed by atoms with van der Waals surface area (Å²) < 4.78 is 10.9. The SMILES string of the molecule is CC.COC(=O)c1cnc(N(Cc2ccccc2)Cc2ccccc2)c2[nH]c(-c3ccc(-c4nccs4)cc3OC)cc12. The minimum Gasteiger partial charge on any atom is -0.496 e. The number of H-pyrrole nitrogens is 1. The van der Waals surface area contributed by atoms with Crippen molar-refractivity contribution in [3.63, 3.8) is 0 Å². The standard InChI is InChI=1S/C33H28N4O3S.C2H6/c1-39-29-17-24(32-34-15-16-41-32)13-14-25(29)28-18-26-27(33(38)40-2)19-35-31(30(26)36-28)37(20-22-9-5-3-6-10-22)21-23-11-7-4-8-12-23;1-2/h3-19,36H,20-21H2,1-2H3;1-2H3. The highest BCUT2D eigenvalue weighted by Gasteiger charge is 2.22. The molecule has 0 saturated heterocycles. The van der Waals surface area contributed by atoms with Crippen molar-refractivity contribution in [2.75, 3.05) is 19.1 Å². The van der Waals surface area contributed by atoms with E-state index in [9.17, 15) is 4.79 Å². The van der Waals surface area contributed by atoms with E-state index in [4.69, 9.17) is 14.5 Å². The van der Waals surface area contributed by atoms with Gasteiger partial charge in [-0.1, -0.05) is 80.6 Å². The Hall–Kier alpha value is -4.95. The Bertz CT molecular complexity index is 1740. The number of benzene rings is 3. The van der Waals surface area contributed by atoms with E-state index in [-0.39, 0.29) is 0 Å². The molecule has 0 unspecified atom stereocenters. The van der Waals surface area contributed by atoms with Crippen molar-refractivity contribution < 1.29 is 14.3 Å². The summed E-state index contributed by atoms with van der Waals surface area (Å²) in [6, 6.07) is 28.6. The molecule has 0 amide bonds. The fourth-order valence-corrected chi connectivity index (χ4v) is 5.62. The largest absolute Gasteiger partial charge is 0.496 e. The smallest absolute Gasteiger partial charge is 0.340 e. The average Bonchev–Trinajstić information content (AvgIpc) is 3.77. The predicted molar refractivity (Wildman–Crippen MR) is 175 cm³/mol. The maximum atomic E-state index is 12.8. The highest BCUT2D eigenvalue weighted by atomic mass is 32.1. The number of rotatable bonds is 9. The number of aromatic nitrogens is 3. The average molecular weight is 591 g/mol. The van der Waals surface area contributed by atoms with Gasteiger partial charge in [-0.2, -0.15) is 0 Å². The molecule has 0 radical (unpaired) electrons. The number of carbonyl (C=O) groups excluding carboxylic acids is 1. The van der Waals surface area contributed by atoms with Crippen molar-refractivity contribution in [1.82, 2.24) is 15.0 Å². The number of pyridine rings is 1. The zero-order valence-corrected chi connectivity index (χ0v) is 25.5. The molecule has 0 aliphatic rings. The zero-order chi connectivity index (χ0) is 30.2. The first-order chi connectivity index (χ1) is 21.1. The topological polar surface area (TPSA) is 80.3 Å². The number of methoxy groups -OCH3 is 2. The Morgan fingerprint density at radius 1 is 0.884 bits per heavy atom. The third-order valence-electron chi connectivity index (χ3n) is 6.96. The Morgan fingerprint density at radius 2 is 1.56 bits per heavy atom. The van der Waals surface area contributed by atoms with Crippen LogP contribution in [0.4, 0.5) is 5.82 Å². The molecule has 7 nitrogen and oxygen atoms in total. The van der Waals surface area contributed by atoms with Crippen molar-refractivity contribution in [1.29, 1.82) is 0 Å². The second-order valence-corrected chi connectivity index (χ2v) is 10.4. The van der Waals surface area contributed by atoms with E-state index in [0.717, 1.165) is 49.7 Å². The van der Waals surface area contributed by atoms with Crippen molar-refractivity contribution in [3.05, 3.63) is 119 Å². The lowest BCUT2D eigenvalue weighted by Gasteiger charge is -2.25. The maximum absolute atomic E-state index is 12.8. The van der Waals surface area contributed by atoms with Crippen LogP contribution in [0.3, 0.4) is 0 Å². The summed E-state index contributed by atoms with van der Waals surface area (Å²) in [7, 11) is 3.04. The van der Waals surface area contributed by atoms with E-state index in [1.54, 1.807) is 30.8 Å². The lowest BCUT2D eigenvalue weighted by Crippen LogP contribution is -2.24. The first-order valence-corrected chi connectivity index (χ1v) is 15.0. The number of hydrogen-bond donors (Lipinski definition) is 1. The summed E-state index contributed by atoms with van der Waals surface area (Å²) >= 11 is 1.58. The van der Waals surface area contributed by atoms with Crippen LogP contribution in [0.2, 0.25) is 0 Å². The molecule has 6 aromatic rings. The van der Waals surface area contributed by atoms with E-state index < -0.39 is 5.97 Å². The molecule has 8 heteroatoms. The molecule has 6 rings (SSSR count). The number of esters is 1. The number of ether oxygens (including phenoxy) is 2. The number of carbonyl (C=O) groups is 1. The van der Waals surface area contributed by atoms with Crippen LogP contribution in [-0.4, -0.2) is 35.1 Å². The second-order valence-electron chi connectivity index (χ2n) is 9.54. The molecule has 3 heterocycles. The molecular formula is C35H34N4O3S. The molecule has 1 N–H and O–H groups in total. The summed E-state index contributed by atoms with van der Waals surface area (Å²) in [6.45, 7) is 5.27. The zero-order valence-electron chi connectivity index (χ0n) is 24.7. The first kappa shape index (κ1) is 29.5. The van der Waals surface area contributed by atoms with Gasteiger partial charge in [0, 0.05) is 47.4 Å². The molecule has 43 heavy (non-hydrogen) atoms. The highest BCUT2D eigenvalue weighted by Crippen LogP contribution is 2.38. The molecule has 0 fully saturated rings. The van der Waals surface area contributed by atoms with E-state index in [1.165, 1.54) is 7.11 Å². The summed E-state index contributed by atoms with van der Waals surface area (Å²) in [5.41, 5.74) is 6.10. The van der Waals surface area contributed by atoms with Crippen molar-refractivity contribution in [3.8, 4) is 27.6 Å². The molecule has 0 spiro atoms. The molecule has 0 aliphatic heterocycles. The monoisotopic (exact) mass is 590 g/mol. The number of hydrogen-bond acceptors (Lipinski definition) is 7. The Kier molecular flexibility index (Phi) is 9.49. The van der Waals surface area contributed by atoms with E-state index in [0.29, 0.717) is 24.4 Å². The molecule has 0 saturated carbocycles. The summed E-state index contributed by atoms with van der Waals surface area (Å²) in [5.74, 6) is 0.997. The quantitative estimate of drug-likeness (QED) is 0.170. The fourth-order valence-electron chi connectivity index (χ4n) is 4.99. The van der Waals surface area contributed by atoms with Gasteiger partial charge in [-0.3, -0.25) is 0 Å². The minimum absolute atomic E-state index is 0.395. The Labute approximate surface area is 255 Å². The summed E-state index contributed by atoms with van der Waals surface area (Å²) in [6.07, 6.45) is 3.39. The van der Waals surface area contributed by atoms with Crippen LogP contribution in [-0.2, 0) is 17.8 Å². The number of nitrogens with one attached hydrogen (secondary N) is 1. The fraction of sp³-hybridized carbons (Fsp3) is 0.171. The van der Waals surface area contributed by atoms with Gasteiger partial charge < -0.3 is 19.4 Å². The van der Waals surface area contributed by atoms with Gasteiger partial charge in [0.1, 0.15) is 10.8 Å². The molecule has 0 atom stereocenters. The summed E-state index contributed by atoms with van der Waals surface area (Å²) in [5, 5.41) is 3.60. The normalized spacial score (nSPS) is 10.6. The van der Waals surface area contributed by atoms with E-state index in [2.05, 4.69) is 39.1 Å². The van der Waals surface area contributed by atoms with Crippen LogP contribution in [0, 0.1) is 0 Å². The number of nitrogens with zero attached hydrogens (tertiary/aromatic N) is 3. The van der Waals surface area contributed by atoms with E-state index in [1.807, 2.05) is 79.9 Å². The molecule has 0 aliphatic carbocycles. The van der Waals surface area contributed by atoms with Crippen LogP contribution >= 0.6 is 11.3 Å². The molecule has 218 valence electrons. The van der Waals surface area contributed by atoms with Crippen molar-refractivity contribution in [2.24, 2.45) is 0 Å². The van der Waals surface area contributed by atoms with E-state index >= 15 is 0 Å². The van der Waals surface area contributed by atoms with Crippen LogP contribution in [0.5, 0.6) is 5.75 Å². The van der Waals surface area contributed by atoms with Crippen molar-refractivity contribution >= 4 is 34.0 Å². The van der Waals surface area contributed by atoms with Gasteiger partial charge in [0.05, 0.1) is 31.0 Å². The van der Waals surface area contributed by atoms with Gasteiger partial charge in [0.2, 0.25) is 0 Å². The molecule has 3 aromatic heterocycles. The number of thiazole rings is 1. The van der Waals surface area contributed by atoms with Crippen LogP contribution in [0.25, 0.3) is 32.7 Å². The lowest BCUT2D eigenvalue weighted by atomic mass is 10.1. The van der Waals surface area contributed by atoms with Gasteiger partial charge in [0.15, 0.2) is 5.82 Å². The van der Waals surface area contributed by atoms with Gasteiger partial charge in [-0.05, 0) is 29.3 Å². The van der Waals surface area contributed by atoms with Gasteiger partial charge in [0.25, 0.3) is 0 Å². The van der Waals surface area contributed by atoms with Crippen LogP contribution in [0.15, 0.2) is 103 Å². The Balaban J connectivity index is 0.00000180. The molecule has 0 bridgehead atoms. The van der Waals surface area contributed by atoms with Crippen molar-refractivity contribution in [2.45, 2.75) is 26.9 Å². The molecular weight excluding hydrogens is 556 g/mol. The van der Waals surface area contributed by atoms with Crippen LogP contribution < -0.4 is 9.64 Å². The number of anilines is 1. The number of aromatic amines is 1. The molecule has 3 aromatic carbocycles. The third-order valence-corrected chi connectivity index (χ3v) is 7.78. The first-order valence-electron chi connectivity index (χ1n) is 14.2. The summed E-state index contributed by atoms with van der Waals surface area (Å²) in [4.78, 5) is 27.9. The van der Waals surface area contributed by atoms with Gasteiger partial charge in [-0.25, -0.2) is 14.8 Å². The Morgan fingerprint density at radius 3 is 2.14 bits per heavy atom. The predicted octanol–water partition coefficient (Wildman–Crippen LogP) is 8.38. The highest BCUT2D eigenvalue weighted by molar-refractivity contribution is 7.13. The maximum Gasteiger partial charge on any atom is 0.340 e. The van der Waals surface area contributed by atoms with Gasteiger partial charge >= 0.3 is 5.97 Å². The minimum atomic E-state index is -0.441. The lowest BCUT2D eigenvalue weighted by molar-refractivity contribution is 0.0602.